The Bertz CT molecular complexity index is 1470. The summed E-state index contributed by atoms with van der Waals surface area (Å²) in [5.41, 5.74) is 4.74. The Kier molecular flexibility index (Phi) is 5.30. The third-order valence-electron chi connectivity index (χ3n) is 5.77. The summed E-state index contributed by atoms with van der Waals surface area (Å²) in [6.07, 6.45) is 1.72. The van der Waals surface area contributed by atoms with Crippen LogP contribution in [-0.2, 0) is 13.1 Å². The number of pyridine rings is 1. The van der Waals surface area contributed by atoms with Gasteiger partial charge in [0.05, 0.1) is 34.9 Å². The smallest absolute Gasteiger partial charge is 0.254 e. The van der Waals surface area contributed by atoms with Gasteiger partial charge in [-0.3, -0.25) is 4.79 Å². The van der Waals surface area contributed by atoms with E-state index in [1.807, 2.05) is 79.2 Å². The van der Waals surface area contributed by atoms with Gasteiger partial charge in [-0.1, -0.05) is 48.5 Å². The van der Waals surface area contributed by atoms with E-state index in [0.29, 0.717) is 30.1 Å². The van der Waals surface area contributed by atoms with Crippen molar-refractivity contribution in [2.45, 2.75) is 26.9 Å². The molecule has 164 valence electrons. The molecular weight excluding hydrogens is 412 g/mol. The van der Waals surface area contributed by atoms with E-state index in [-0.39, 0.29) is 5.91 Å². The van der Waals surface area contributed by atoms with Crippen LogP contribution in [0.2, 0.25) is 0 Å². The zero-order valence-electron chi connectivity index (χ0n) is 18.9. The summed E-state index contributed by atoms with van der Waals surface area (Å²) in [5.74, 6) is 0.490. The minimum Gasteiger partial charge on any atom is -0.334 e. The topological polar surface area (TPSA) is 76.8 Å². The number of para-hydroxylation sites is 1. The number of rotatable bonds is 5. The molecule has 33 heavy (non-hydrogen) atoms. The lowest BCUT2D eigenvalue weighted by Gasteiger charge is -2.18. The third kappa shape index (κ3) is 3.82. The molecule has 0 radical (unpaired) electrons. The zero-order valence-corrected chi connectivity index (χ0v) is 18.9. The van der Waals surface area contributed by atoms with Crippen molar-refractivity contribution in [2.75, 3.05) is 7.05 Å². The summed E-state index contributed by atoms with van der Waals surface area (Å²) < 4.78 is 1.81. The van der Waals surface area contributed by atoms with Crippen molar-refractivity contribution >= 4 is 27.8 Å². The Morgan fingerprint density at radius 3 is 2.52 bits per heavy atom. The molecule has 3 heterocycles. The molecule has 0 aliphatic rings. The third-order valence-corrected chi connectivity index (χ3v) is 5.77. The molecule has 1 amide bonds. The Labute approximate surface area is 191 Å². The standard InChI is InChI=1S/C26H24N6O/c1-4-32-25-21(15-27-32)20(14-23(30-25)18-10-6-5-7-11-18)26(33)31(3)16-24-28-17(2)19-12-8-9-13-22(19)29-24/h5-15H,4,16H2,1-3H3. The lowest BCUT2D eigenvalue weighted by atomic mass is 10.1. The largest absolute Gasteiger partial charge is 0.334 e. The highest BCUT2D eigenvalue weighted by Crippen LogP contribution is 2.26. The highest BCUT2D eigenvalue weighted by molar-refractivity contribution is 6.06. The predicted octanol–water partition coefficient (Wildman–Crippen LogP) is 4.64. The fourth-order valence-corrected chi connectivity index (χ4v) is 4.07. The zero-order chi connectivity index (χ0) is 22.9. The van der Waals surface area contributed by atoms with E-state index < -0.39 is 0 Å². The second kappa shape index (κ2) is 8.43. The fourth-order valence-electron chi connectivity index (χ4n) is 4.07. The second-order valence-corrected chi connectivity index (χ2v) is 8.02. The highest BCUT2D eigenvalue weighted by Gasteiger charge is 2.21. The molecule has 0 atom stereocenters. The van der Waals surface area contributed by atoms with Crippen LogP contribution in [0, 0.1) is 6.92 Å². The van der Waals surface area contributed by atoms with E-state index in [4.69, 9.17) is 4.98 Å². The molecule has 0 saturated heterocycles. The molecule has 0 aliphatic carbocycles. The van der Waals surface area contributed by atoms with Crippen molar-refractivity contribution in [3.63, 3.8) is 0 Å². The number of aryl methyl sites for hydroxylation is 2. The van der Waals surface area contributed by atoms with Gasteiger partial charge in [-0.25, -0.2) is 19.6 Å². The molecule has 5 rings (SSSR count). The summed E-state index contributed by atoms with van der Waals surface area (Å²) >= 11 is 0. The quantitative estimate of drug-likeness (QED) is 0.401. The van der Waals surface area contributed by atoms with Crippen LogP contribution in [0.5, 0.6) is 0 Å². The van der Waals surface area contributed by atoms with Gasteiger partial charge in [-0.05, 0) is 26.0 Å². The number of hydrogen-bond acceptors (Lipinski definition) is 5. The maximum atomic E-state index is 13.6. The number of amides is 1. The average molecular weight is 437 g/mol. The number of aromatic nitrogens is 5. The molecule has 7 heteroatoms. The van der Waals surface area contributed by atoms with Crippen LogP contribution < -0.4 is 0 Å². The normalized spacial score (nSPS) is 11.2. The van der Waals surface area contributed by atoms with Gasteiger partial charge < -0.3 is 4.90 Å². The van der Waals surface area contributed by atoms with Crippen LogP contribution in [0.3, 0.4) is 0 Å². The molecule has 0 unspecified atom stereocenters. The summed E-state index contributed by atoms with van der Waals surface area (Å²) in [4.78, 5) is 29.4. The first-order valence-electron chi connectivity index (χ1n) is 10.9. The number of fused-ring (bicyclic) bond motifs is 2. The van der Waals surface area contributed by atoms with Gasteiger partial charge in [-0.2, -0.15) is 5.10 Å². The van der Waals surface area contributed by atoms with Gasteiger partial charge in [0, 0.05) is 30.2 Å². The molecule has 7 nitrogen and oxygen atoms in total. The van der Waals surface area contributed by atoms with Crippen molar-refractivity contribution in [1.82, 2.24) is 29.6 Å². The second-order valence-electron chi connectivity index (χ2n) is 8.02. The van der Waals surface area contributed by atoms with Crippen LogP contribution in [0.25, 0.3) is 33.2 Å². The molecule has 2 aromatic carbocycles. The Balaban J connectivity index is 1.54. The molecule has 0 saturated carbocycles. The van der Waals surface area contributed by atoms with Crippen molar-refractivity contribution in [1.29, 1.82) is 0 Å². The van der Waals surface area contributed by atoms with E-state index in [9.17, 15) is 4.79 Å². The minimum atomic E-state index is -0.121. The predicted molar refractivity (Wildman–Crippen MR) is 129 cm³/mol. The van der Waals surface area contributed by atoms with E-state index in [0.717, 1.165) is 33.2 Å². The number of benzene rings is 2. The number of carbonyl (C=O) groups is 1. The van der Waals surface area contributed by atoms with Gasteiger partial charge in [0.1, 0.15) is 5.82 Å². The summed E-state index contributed by atoms with van der Waals surface area (Å²) in [6.45, 7) is 4.95. The molecule has 0 fully saturated rings. The van der Waals surface area contributed by atoms with Crippen LogP contribution >= 0.6 is 0 Å². The lowest BCUT2D eigenvalue weighted by Crippen LogP contribution is -2.27. The number of hydrogen-bond donors (Lipinski definition) is 0. The number of nitrogens with zero attached hydrogens (tertiary/aromatic N) is 6. The Hall–Kier alpha value is -4.13. The van der Waals surface area contributed by atoms with Crippen molar-refractivity contribution < 1.29 is 4.79 Å². The molecule has 3 aromatic heterocycles. The first kappa shape index (κ1) is 20.8. The highest BCUT2D eigenvalue weighted by atomic mass is 16.2. The number of carbonyl (C=O) groups excluding carboxylic acids is 1. The SMILES string of the molecule is CCn1ncc2c(C(=O)N(C)Cc3nc(C)c4ccccc4n3)cc(-c3ccccc3)nc21. The summed E-state index contributed by atoms with van der Waals surface area (Å²) in [5, 5.41) is 6.20. The maximum absolute atomic E-state index is 13.6. The monoisotopic (exact) mass is 436 g/mol. The minimum absolute atomic E-state index is 0.121. The van der Waals surface area contributed by atoms with Gasteiger partial charge >= 0.3 is 0 Å². The van der Waals surface area contributed by atoms with Crippen molar-refractivity contribution in [2.24, 2.45) is 0 Å². The first-order chi connectivity index (χ1) is 16.0. The van der Waals surface area contributed by atoms with Gasteiger partial charge in [0.25, 0.3) is 5.91 Å². The van der Waals surface area contributed by atoms with Crippen LogP contribution in [0.15, 0.2) is 66.9 Å². The van der Waals surface area contributed by atoms with Gasteiger partial charge in [-0.15, -0.1) is 0 Å². The lowest BCUT2D eigenvalue weighted by molar-refractivity contribution is 0.0783. The average Bonchev–Trinajstić information content (AvgIpc) is 3.26. The van der Waals surface area contributed by atoms with E-state index in [2.05, 4.69) is 15.1 Å². The van der Waals surface area contributed by atoms with Crippen LogP contribution in [0.4, 0.5) is 0 Å². The maximum Gasteiger partial charge on any atom is 0.254 e. The molecule has 0 spiro atoms. The summed E-state index contributed by atoms with van der Waals surface area (Å²) in [6, 6.07) is 19.6. The van der Waals surface area contributed by atoms with Crippen LogP contribution in [0.1, 0.15) is 28.8 Å². The van der Waals surface area contributed by atoms with Crippen molar-refractivity contribution in [3.05, 3.63) is 83.9 Å². The van der Waals surface area contributed by atoms with E-state index >= 15 is 0 Å². The molecule has 0 aliphatic heterocycles. The van der Waals surface area contributed by atoms with E-state index in [1.165, 1.54) is 0 Å². The fraction of sp³-hybridized carbons (Fsp3) is 0.192. The van der Waals surface area contributed by atoms with Gasteiger partial charge in [0.2, 0.25) is 0 Å². The molecule has 0 N–H and O–H groups in total. The molecule has 0 bridgehead atoms. The molecule has 5 aromatic rings. The van der Waals surface area contributed by atoms with Crippen molar-refractivity contribution in [3.8, 4) is 11.3 Å². The Morgan fingerprint density at radius 1 is 0.970 bits per heavy atom. The van der Waals surface area contributed by atoms with Gasteiger partial charge in [0.15, 0.2) is 5.65 Å². The van der Waals surface area contributed by atoms with E-state index in [1.54, 1.807) is 18.1 Å². The molecular formula is C26H24N6O. The first-order valence-corrected chi connectivity index (χ1v) is 10.9. The van der Waals surface area contributed by atoms with Crippen LogP contribution in [-0.4, -0.2) is 42.6 Å². The Morgan fingerprint density at radius 2 is 1.73 bits per heavy atom. The summed E-state index contributed by atoms with van der Waals surface area (Å²) in [7, 11) is 1.77.